The second-order valence-corrected chi connectivity index (χ2v) is 13.2. The van der Waals surface area contributed by atoms with Gasteiger partial charge in [0.15, 0.2) is 23.2 Å². The highest BCUT2D eigenvalue weighted by Crippen LogP contribution is 2.45. The van der Waals surface area contributed by atoms with E-state index in [1.807, 2.05) is 6.92 Å². The first kappa shape index (κ1) is 31.3. The zero-order valence-electron chi connectivity index (χ0n) is 24.8. The van der Waals surface area contributed by atoms with Crippen molar-refractivity contribution in [3.8, 4) is 5.75 Å². The van der Waals surface area contributed by atoms with E-state index in [9.17, 15) is 27.8 Å². The Kier molecular flexibility index (Phi) is 10.5. The fraction of sp³-hybridized carbons (Fsp3) is 0.657. The van der Waals surface area contributed by atoms with Crippen LogP contribution in [0, 0.1) is 41.0 Å². The lowest BCUT2D eigenvalue weighted by molar-refractivity contribution is -0.0149. The monoisotopic (exact) mass is 590 g/mol. The minimum absolute atomic E-state index is 0.00297. The van der Waals surface area contributed by atoms with Gasteiger partial charge >= 0.3 is 0 Å². The predicted molar refractivity (Wildman–Crippen MR) is 155 cm³/mol. The summed E-state index contributed by atoms with van der Waals surface area (Å²) in [6.45, 7) is 2.63. The van der Waals surface area contributed by atoms with E-state index in [0.717, 1.165) is 83.7 Å². The van der Waals surface area contributed by atoms with Crippen LogP contribution >= 0.6 is 0 Å². The van der Waals surface area contributed by atoms with Crippen LogP contribution in [0.4, 0.5) is 17.6 Å². The van der Waals surface area contributed by atoms with E-state index in [2.05, 4.69) is 0 Å². The first-order chi connectivity index (χ1) is 20.3. The zero-order valence-corrected chi connectivity index (χ0v) is 24.8. The molecule has 1 atom stereocenters. The van der Waals surface area contributed by atoms with Gasteiger partial charge in [-0.3, -0.25) is 0 Å². The van der Waals surface area contributed by atoms with Crippen LogP contribution in [0.5, 0.6) is 5.75 Å². The van der Waals surface area contributed by atoms with Gasteiger partial charge in [0.2, 0.25) is 5.82 Å². The maximum atomic E-state index is 14.9. The van der Waals surface area contributed by atoms with Crippen molar-refractivity contribution in [2.45, 2.75) is 121 Å². The molecule has 3 aliphatic carbocycles. The number of hydrogen-bond donors (Lipinski definition) is 2. The van der Waals surface area contributed by atoms with Gasteiger partial charge in [0, 0.05) is 12.2 Å². The Balaban J connectivity index is 1.02. The molecule has 3 saturated carbocycles. The summed E-state index contributed by atoms with van der Waals surface area (Å²) in [6, 6.07) is 6.02. The zero-order chi connectivity index (χ0) is 29.8. The van der Waals surface area contributed by atoms with Crippen LogP contribution in [0.15, 0.2) is 24.3 Å². The lowest BCUT2D eigenvalue weighted by Crippen LogP contribution is -2.30. The molecule has 0 spiro atoms. The molecule has 0 amide bonds. The molecule has 3 fully saturated rings. The fourth-order valence-electron chi connectivity index (χ4n) is 7.99. The van der Waals surface area contributed by atoms with E-state index in [-0.39, 0.29) is 23.5 Å². The molecule has 0 saturated heterocycles. The highest BCUT2D eigenvalue weighted by molar-refractivity contribution is 5.32. The normalized spacial score (nSPS) is 29.4. The fourth-order valence-corrected chi connectivity index (χ4v) is 7.99. The van der Waals surface area contributed by atoms with Crippen LogP contribution in [0.25, 0.3) is 0 Å². The van der Waals surface area contributed by atoms with E-state index in [4.69, 9.17) is 4.74 Å². The Hall–Kier alpha value is -2.12. The minimum Gasteiger partial charge on any atom is -0.505 e. The van der Waals surface area contributed by atoms with E-state index < -0.39 is 35.1 Å². The quantitative estimate of drug-likeness (QED) is 0.286. The highest BCUT2D eigenvalue weighted by atomic mass is 19.2. The molecule has 3 aliphatic rings. The third-order valence-electron chi connectivity index (χ3n) is 10.6. The van der Waals surface area contributed by atoms with Gasteiger partial charge in [0.1, 0.15) is 0 Å². The third-order valence-corrected chi connectivity index (χ3v) is 10.6. The molecule has 2 N–H and O–H groups in total. The van der Waals surface area contributed by atoms with Gasteiger partial charge in [-0.1, -0.05) is 31.5 Å². The van der Waals surface area contributed by atoms with Crippen LogP contribution < -0.4 is 0 Å². The molecule has 3 nitrogen and oxygen atoms in total. The smallest absolute Gasteiger partial charge is 0.200 e. The standard InChI is InChI=1S/C35H46F4O3/c1-2-3-30(40)29-17-16-27(32(36)34(29)38)24-6-4-21(5-7-24)20-42-26-14-12-23(13-15-26)22-8-10-25(11-9-22)28-18-19-31(41)35(39)33(28)37/h16-19,21-26,30,40-41H,2-15,20H2,1H3. The van der Waals surface area contributed by atoms with Crippen LogP contribution in [0.1, 0.15) is 131 Å². The summed E-state index contributed by atoms with van der Waals surface area (Å²) in [7, 11) is 0. The molecule has 42 heavy (non-hydrogen) atoms. The van der Waals surface area contributed by atoms with E-state index in [1.165, 1.54) is 12.1 Å². The number of phenols is 1. The average molecular weight is 591 g/mol. The van der Waals surface area contributed by atoms with Crippen LogP contribution in [-0.2, 0) is 4.74 Å². The van der Waals surface area contributed by atoms with Gasteiger partial charge in [-0.25, -0.2) is 13.2 Å². The largest absolute Gasteiger partial charge is 0.505 e. The van der Waals surface area contributed by atoms with Crippen molar-refractivity contribution in [3.63, 3.8) is 0 Å². The number of benzene rings is 2. The number of rotatable bonds is 9. The molecule has 0 aromatic heterocycles. The summed E-state index contributed by atoms with van der Waals surface area (Å²) in [4.78, 5) is 0. The Morgan fingerprint density at radius 3 is 1.81 bits per heavy atom. The summed E-state index contributed by atoms with van der Waals surface area (Å²) >= 11 is 0. The van der Waals surface area contributed by atoms with Gasteiger partial charge in [0.25, 0.3) is 0 Å². The molecule has 232 valence electrons. The second-order valence-electron chi connectivity index (χ2n) is 13.2. The second kappa shape index (κ2) is 14.1. The molecule has 7 heteroatoms. The number of hydrogen-bond acceptors (Lipinski definition) is 3. The topological polar surface area (TPSA) is 49.7 Å². The van der Waals surface area contributed by atoms with Crippen LogP contribution in [0.3, 0.4) is 0 Å². The molecule has 1 unspecified atom stereocenters. The Morgan fingerprint density at radius 1 is 0.690 bits per heavy atom. The third kappa shape index (κ3) is 6.99. The van der Waals surface area contributed by atoms with E-state index >= 15 is 0 Å². The van der Waals surface area contributed by atoms with Gasteiger partial charge in [-0.2, -0.15) is 4.39 Å². The maximum absolute atomic E-state index is 14.9. The van der Waals surface area contributed by atoms with Gasteiger partial charge in [0.05, 0.1) is 12.2 Å². The average Bonchev–Trinajstić information content (AvgIpc) is 3.01. The van der Waals surface area contributed by atoms with Crippen molar-refractivity contribution in [1.82, 2.24) is 0 Å². The number of phenolic OH excluding ortho intramolecular Hbond substituents is 1. The molecule has 2 aromatic carbocycles. The Bertz CT molecular complexity index is 1180. The lowest BCUT2D eigenvalue weighted by atomic mass is 9.69. The summed E-state index contributed by atoms with van der Waals surface area (Å²) in [6.07, 6.45) is 12.1. The number of aromatic hydroxyl groups is 1. The van der Waals surface area contributed by atoms with Crippen molar-refractivity contribution >= 4 is 0 Å². The highest BCUT2D eigenvalue weighted by Gasteiger charge is 2.34. The first-order valence-corrected chi connectivity index (χ1v) is 16.2. The van der Waals surface area contributed by atoms with Crippen molar-refractivity contribution in [2.75, 3.05) is 6.61 Å². The van der Waals surface area contributed by atoms with Crippen LogP contribution in [-0.4, -0.2) is 22.9 Å². The van der Waals surface area contributed by atoms with E-state index in [1.54, 1.807) is 12.1 Å². The Labute approximate surface area is 247 Å². The molecule has 0 aliphatic heterocycles. The number of aliphatic hydroxyl groups is 1. The molecule has 0 heterocycles. The molecule has 5 rings (SSSR count). The van der Waals surface area contributed by atoms with Gasteiger partial charge < -0.3 is 14.9 Å². The molecule has 0 radical (unpaired) electrons. The minimum atomic E-state index is -1.14. The predicted octanol–water partition coefficient (Wildman–Crippen LogP) is 9.61. The van der Waals surface area contributed by atoms with Crippen molar-refractivity contribution in [1.29, 1.82) is 0 Å². The summed E-state index contributed by atoms with van der Waals surface area (Å²) < 4.78 is 64.1. The van der Waals surface area contributed by atoms with Crippen LogP contribution in [0.2, 0.25) is 0 Å². The number of ether oxygens (including phenoxy) is 1. The van der Waals surface area contributed by atoms with Gasteiger partial charge in [-0.05, 0) is 130 Å². The Morgan fingerprint density at radius 2 is 1.21 bits per heavy atom. The first-order valence-electron chi connectivity index (χ1n) is 16.2. The van der Waals surface area contributed by atoms with E-state index in [0.29, 0.717) is 41.7 Å². The maximum Gasteiger partial charge on any atom is 0.200 e. The summed E-state index contributed by atoms with van der Waals surface area (Å²) in [5.41, 5.74) is 0.892. The lowest BCUT2D eigenvalue weighted by Gasteiger charge is -2.38. The summed E-state index contributed by atoms with van der Waals surface area (Å²) in [5.74, 6) is -2.63. The number of aliphatic hydroxyl groups excluding tert-OH is 1. The molecule has 2 aromatic rings. The number of halogens is 4. The molecule has 0 bridgehead atoms. The summed E-state index contributed by atoms with van der Waals surface area (Å²) in [5, 5.41) is 19.6. The van der Waals surface area contributed by atoms with Gasteiger partial charge in [-0.15, -0.1) is 0 Å². The van der Waals surface area contributed by atoms with Crippen molar-refractivity contribution < 1.29 is 32.5 Å². The molecular formula is C35H46F4O3. The van der Waals surface area contributed by atoms with Crippen molar-refractivity contribution in [2.24, 2.45) is 17.8 Å². The van der Waals surface area contributed by atoms with Crippen molar-refractivity contribution in [3.05, 3.63) is 64.2 Å². The molecular weight excluding hydrogens is 544 g/mol. The SMILES string of the molecule is CCCC(O)c1ccc(C2CCC(COC3CCC(C4CCC(c5ccc(O)c(F)c5F)CC4)CC3)CC2)c(F)c1F.